The second kappa shape index (κ2) is 7.31. The summed E-state index contributed by atoms with van der Waals surface area (Å²) >= 11 is 0. The zero-order chi connectivity index (χ0) is 18.7. The van der Waals surface area contributed by atoms with Crippen LogP contribution in [0.15, 0.2) is 53.3 Å². The topological polar surface area (TPSA) is 69.6 Å². The summed E-state index contributed by atoms with van der Waals surface area (Å²) < 4.78 is 12.3. The highest BCUT2D eigenvalue weighted by atomic mass is 16.5. The molecule has 0 spiro atoms. The molecule has 26 heavy (non-hydrogen) atoms. The van der Waals surface area contributed by atoms with Gasteiger partial charge in [0.05, 0.1) is 25.1 Å². The molecule has 6 heteroatoms. The van der Waals surface area contributed by atoms with Crippen molar-refractivity contribution in [1.82, 2.24) is 9.88 Å². The molecule has 0 saturated carbocycles. The highest BCUT2D eigenvalue weighted by Crippen LogP contribution is 2.31. The number of nitrogens with one attached hydrogen (secondary N) is 1. The minimum atomic E-state index is -0.333. The molecule has 1 heterocycles. The van der Waals surface area contributed by atoms with Crippen molar-refractivity contribution in [2.45, 2.75) is 6.54 Å². The van der Waals surface area contributed by atoms with Gasteiger partial charge in [0.15, 0.2) is 5.43 Å². The monoisotopic (exact) mass is 352 g/mol. The average Bonchev–Trinajstić information content (AvgIpc) is 2.68. The van der Waals surface area contributed by atoms with Gasteiger partial charge in [-0.1, -0.05) is 30.3 Å². The Morgan fingerprint density at radius 1 is 1.04 bits per heavy atom. The molecule has 3 aromatic rings. The lowest BCUT2D eigenvalue weighted by Gasteiger charge is -2.16. The fourth-order valence-corrected chi connectivity index (χ4v) is 2.96. The molecule has 0 bridgehead atoms. The molecule has 1 N–H and O–H groups in total. The number of nitrogens with zero attached hydrogens (tertiary/aromatic N) is 1. The smallest absolute Gasteiger partial charge is 0.268 e. The Balaban J connectivity index is 2.05. The van der Waals surface area contributed by atoms with E-state index in [1.807, 2.05) is 30.3 Å². The SMILES string of the molecule is COc1ccc(OC)c2c1c(=O)cc(C(=O)NCc1ccccc1)n2C. The van der Waals surface area contributed by atoms with E-state index in [1.54, 1.807) is 23.7 Å². The summed E-state index contributed by atoms with van der Waals surface area (Å²) in [6, 6.07) is 14.3. The first-order valence-electron chi connectivity index (χ1n) is 8.13. The van der Waals surface area contributed by atoms with Crippen LogP contribution in [-0.2, 0) is 13.6 Å². The first kappa shape index (κ1) is 17.5. The third-order valence-corrected chi connectivity index (χ3v) is 4.28. The Labute approximate surface area is 151 Å². The van der Waals surface area contributed by atoms with E-state index in [0.717, 1.165) is 5.56 Å². The van der Waals surface area contributed by atoms with Gasteiger partial charge in [0.25, 0.3) is 5.91 Å². The van der Waals surface area contributed by atoms with E-state index in [-0.39, 0.29) is 17.0 Å². The average molecular weight is 352 g/mol. The predicted octanol–water partition coefficient (Wildman–Crippen LogP) is 2.49. The van der Waals surface area contributed by atoms with Gasteiger partial charge in [0, 0.05) is 19.7 Å². The lowest BCUT2D eigenvalue weighted by atomic mass is 10.1. The van der Waals surface area contributed by atoms with E-state index >= 15 is 0 Å². The van der Waals surface area contributed by atoms with Gasteiger partial charge in [0.2, 0.25) is 0 Å². The van der Waals surface area contributed by atoms with Gasteiger partial charge in [-0.25, -0.2) is 0 Å². The summed E-state index contributed by atoms with van der Waals surface area (Å²) in [4.78, 5) is 25.3. The van der Waals surface area contributed by atoms with Gasteiger partial charge in [-0.05, 0) is 17.7 Å². The molecule has 0 unspecified atom stereocenters. The zero-order valence-electron chi connectivity index (χ0n) is 14.9. The summed E-state index contributed by atoms with van der Waals surface area (Å²) in [5.74, 6) is 0.607. The van der Waals surface area contributed by atoms with E-state index < -0.39 is 0 Å². The first-order valence-corrected chi connectivity index (χ1v) is 8.13. The number of methoxy groups -OCH3 is 2. The van der Waals surface area contributed by atoms with Crippen molar-refractivity contribution in [3.8, 4) is 11.5 Å². The third-order valence-electron chi connectivity index (χ3n) is 4.28. The van der Waals surface area contributed by atoms with Crippen LogP contribution < -0.4 is 20.2 Å². The molecule has 0 fully saturated rings. The van der Waals surface area contributed by atoms with Crippen molar-refractivity contribution >= 4 is 16.8 Å². The number of aromatic nitrogens is 1. The molecule has 134 valence electrons. The maximum atomic E-state index is 12.6. The summed E-state index contributed by atoms with van der Waals surface area (Å²) in [7, 11) is 4.75. The van der Waals surface area contributed by atoms with E-state index in [2.05, 4.69) is 5.32 Å². The summed E-state index contributed by atoms with van der Waals surface area (Å²) in [6.45, 7) is 0.376. The van der Waals surface area contributed by atoms with Crippen LogP contribution in [0.3, 0.4) is 0 Å². The van der Waals surface area contributed by atoms with Crippen LogP contribution in [0.2, 0.25) is 0 Å². The van der Waals surface area contributed by atoms with Crippen LogP contribution in [-0.4, -0.2) is 24.7 Å². The standard InChI is InChI=1S/C20H20N2O4/c1-22-14(20(24)21-12-13-7-5-4-6-8-13)11-15(23)18-16(25-2)9-10-17(26-3)19(18)22/h4-11H,12H2,1-3H3,(H,21,24). The first-order chi connectivity index (χ1) is 12.6. The van der Waals surface area contributed by atoms with Crippen molar-refractivity contribution < 1.29 is 14.3 Å². The van der Waals surface area contributed by atoms with Crippen LogP contribution in [0, 0.1) is 0 Å². The van der Waals surface area contributed by atoms with Crippen LogP contribution in [0.1, 0.15) is 16.1 Å². The van der Waals surface area contributed by atoms with Gasteiger partial charge in [-0.15, -0.1) is 0 Å². The fourth-order valence-electron chi connectivity index (χ4n) is 2.96. The van der Waals surface area contributed by atoms with Crippen molar-refractivity contribution in [3.05, 3.63) is 70.0 Å². The summed E-state index contributed by atoms with van der Waals surface area (Å²) in [6.07, 6.45) is 0. The Morgan fingerprint density at radius 3 is 2.35 bits per heavy atom. The highest BCUT2D eigenvalue weighted by Gasteiger charge is 2.18. The van der Waals surface area contributed by atoms with Crippen LogP contribution in [0.25, 0.3) is 10.9 Å². The number of fused-ring (bicyclic) bond motifs is 1. The van der Waals surface area contributed by atoms with Crippen LogP contribution >= 0.6 is 0 Å². The third kappa shape index (κ3) is 3.13. The lowest BCUT2D eigenvalue weighted by Crippen LogP contribution is -2.28. The number of carbonyl (C=O) groups is 1. The molecule has 0 saturated heterocycles. The van der Waals surface area contributed by atoms with Crippen molar-refractivity contribution in [2.75, 3.05) is 14.2 Å². The molecule has 0 aliphatic rings. The number of carbonyl (C=O) groups excluding carboxylic acids is 1. The molecular formula is C20H20N2O4. The number of aryl methyl sites for hydroxylation is 1. The summed E-state index contributed by atoms with van der Waals surface area (Å²) in [5.41, 5.74) is 1.46. The van der Waals surface area contributed by atoms with Crippen LogP contribution in [0.5, 0.6) is 11.5 Å². The quantitative estimate of drug-likeness (QED) is 0.766. The zero-order valence-corrected chi connectivity index (χ0v) is 14.9. The number of rotatable bonds is 5. The minimum Gasteiger partial charge on any atom is -0.496 e. The Kier molecular flexibility index (Phi) is 4.93. The number of ether oxygens (including phenoxy) is 2. The molecule has 0 aliphatic heterocycles. The normalized spacial score (nSPS) is 10.6. The lowest BCUT2D eigenvalue weighted by molar-refractivity contribution is 0.0942. The van der Waals surface area contributed by atoms with Gasteiger partial charge in [0.1, 0.15) is 17.2 Å². The van der Waals surface area contributed by atoms with Gasteiger partial charge >= 0.3 is 0 Å². The molecule has 2 aromatic carbocycles. The number of pyridine rings is 1. The predicted molar refractivity (Wildman–Crippen MR) is 99.9 cm³/mol. The van der Waals surface area contributed by atoms with Crippen molar-refractivity contribution in [2.24, 2.45) is 7.05 Å². The Morgan fingerprint density at radius 2 is 1.69 bits per heavy atom. The van der Waals surface area contributed by atoms with E-state index in [0.29, 0.717) is 28.9 Å². The molecule has 3 rings (SSSR count). The van der Waals surface area contributed by atoms with Crippen molar-refractivity contribution in [3.63, 3.8) is 0 Å². The molecule has 0 atom stereocenters. The molecule has 6 nitrogen and oxygen atoms in total. The molecule has 0 radical (unpaired) electrons. The Bertz CT molecular complexity index is 1010. The van der Waals surface area contributed by atoms with E-state index in [1.165, 1.54) is 20.3 Å². The second-order valence-corrected chi connectivity index (χ2v) is 5.81. The molecule has 1 amide bonds. The van der Waals surface area contributed by atoms with E-state index in [9.17, 15) is 9.59 Å². The minimum absolute atomic E-state index is 0.255. The second-order valence-electron chi connectivity index (χ2n) is 5.81. The van der Waals surface area contributed by atoms with Gasteiger partial charge < -0.3 is 19.4 Å². The summed E-state index contributed by atoms with van der Waals surface area (Å²) in [5, 5.41) is 3.23. The maximum Gasteiger partial charge on any atom is 0.268 e. The maximum absolute atomic E-state index is 12.6. The number of hydrogen-bond donors (Lipinski definition) is 1. The highest BCUT2D eigenvalue weighted by molar-refractivity contribution is 5.98. The number of amides is 1. The number of benzene rings is 2. The molecule has 0 aliphatic carbocycles. The van der Waals surface area contributed by atoms with Crippen LogP contribution in [0.4, 0.5) is 0 Å². The van der Waals surface area contributed by atoms with E-state index in [4.69, 9.17) is 9.47 Å². The molecular weight excluding hydrogens is 332 g/mol. The van der Waals surface area contributed by atoms with Crippen molar-refractivity contribution in [1.29, 1.82) is 0 Å². The van der Waals surface area contributed by atoms with Gasteiger partial charge in [-0.3, -0.25) is 9.59 Å². The largest absolute Gasteiger partial charge is 0.496 e. The van der Waals surface area contributed by atoms with Gasteiger partial charge in [-0.2, -0.15) is 0 Å². The number of hydrogen-bond acceptors (Lipinski definition) is 4. The Hall–Kier alpha value is -3.28. The fraction of sp³-hybridized carbons (Fsp3) is 0.200. The molecule has 1 aromatic heterocycles.